The van der Waals surface area contributed by atoms with Gasteiger partial charge in [-0.05, 0) is 63.5 Å². The molecule has 2 heterocycles. The van der Waals surface area contributed by atoms with Gasteiger partial charge in [0.25, 0.3) is 10.1 Å². The Morgan fingerprint density at radius 3 is 2.38 bits per heavy atom. The third-order valence-electron chi connectivity index (χ3n) is 8.06. The van der Waals surface area contributed by atoms with Crippen LogP contribution in [0.5, 0.6) is 0 Å². The van der Waals surface area contributed by atoms with Crippen molar-refractivity contribution >= 4 is 33.2 Å². The van der Waals surface area contributed by atoms with Crippen molar-refractivity contribution in [2.45, 2.75) is 76.0 Å². The third kappa shape index (κ3) is 5.45. The number of aliphatic carboxylic acids is 1. The maximum absolute atomic E-state index is 11.9. The number of hydrogen-bond acceptors (Lipinski definition) is 4. The van der Waals surface area contributed by atoms with Gasteiger partial charge < -0.3 is 10.0 Å². The average molecular weight is 552 g/mol. The summed E-state index contributed by atoms with van der Waals surface area (Å²) in [7, 11) is -4.33. The van der Waals surface area contributed by atoms with Crippen LogP contribution in [0.3, 0.4) is 0 Å². The Balaban J connectivity index is 1.71. The maximum Gasteiger partial charge on any atom is 0.303 e. The summed E-state index contributed by atoms with van der Waals surface area (Å²) in [5, 5.41) is 8.97. The fourth-order valence-corrected chi connectivity index (χ4v) is 6.50. The molecule has 0 radical (unpaired) electrons. The number of allylic oxidation sites excluding steroid dienone is 4. The monoisotopic (exact) mass is 551 g/mol. The summed E-state index contributed by atoms with van der Waals surface area (Å²) in [5.41, 5.74) is 5.84. The van der Waals surface area contributed by atoms with E-state index in [2.05, 4.69) is 86.6 Å². The molecule has 0 aromatic heterocycles. The molecule has 0 bridgehead atoms. The van der Waals surface area contributed by atoms with Crippen molar-refractivity contribution in [1.29, 1.82) is 0 Å². The Kier molecular flexibility index (Phi) is 7.92. The minimum atomic E-state index is -4.33. The molecule has 0 fully saturated rings. The molecule has 8 heteroatoms. The van der Waals surface area contributed by atoms with E-state index in [1.165, 1.54) is 23.0 Å². The molecule has 0 saturated carbocycles. The Hall–Kier alpha value is -3.23. The molecule has 2 aromatic carbocycles. The summed E-state index contributed by atoms with van der Waals surface area (Å²) in [6, 6.07) is 13.3. The van der Waals surface area contributed by atoms with E-state index in [0.717, 1.165) is 36.3 Å². The number of carboxylic acids is 1. The first-order valence-electron chi connectivity index (χ1n) is 13.5. The van der Waals surface area contributed by atoms with Gasteiger partial charge in [-0.1, -0.05) is 44.5 Å². The molecule has 39 heavy (non-hydrogen) atoms. The average Bonchev–Trinajstić information content (AvgIpc) is 3.21. The zero-order valence-corrected chi connectivity index (χ0v) is 24.3. The van der Waals surface area contributed by atoms with Crippen molar-refractivity contribution < 1.29 is 27.4 Å². The van der Waals surface area contributed by atoms with E-state index in [4.69, 9.17) is 5.11 Å². The predicted octanol–water partition coefficient (Wildman–Crippen LogP) is 6.21. The molecule has 0 amide bonds. The van der Waals surface area contributed by atoms with E-state index in [1.807, 2.05) is 0 Å². The predicted molar refractivity (Wildman–Crippen MR) is 155 cm³/mol. The second kappa shape index (κ2) is 10.7. The summed E-state index contributed by atoms with van der Waals surface area (Å²) >= 11 is 0. The fourth-order valence-electron chi connectivity index (χ4n) is 5.99. The zero-order valence-electron chi connectivity index (χ0n) is 23.4. The highest BCUT2D eigenvalue weighted by Crippen LogP contribution is 2.48. The van der Waals surface area contributed by atoms with Gasteiger partial charge in [0.05, 0.1) is 10.3 Å². The fraction of sp³-hybridized carbons (Fsp3) is 0.419. The van der Waals surface area contributed by atoms with Crippen molar-refractivity contribution in [3.05, 3.63) is 77.5 Å². The number of nitrogens with zero attached hydrogens (tertiary/aromatic N) is 2. The smallest absolute Gasteiger partial charge is 0.303 e. The molecular weight excluding hydrogens is 512 g/mol. The molecule has 2 N–H and O–H groups in total. The molecule has 7 nitrogen and oxygen atoms in total. The van der Waals surface area contributed by atoms with Crippen molar-refractivity contribution in [2.75, 3.05) is 18.0 Å². The molecular formula is C31H39N2O5S+. The molecule has 4 rings (SSSR count). The van der Waals surface area contributed by atoms with Gasteiger partial charge in [0.2, 0.25) is 5.69 Å². The number of hydrogen-bond donors (Lipinski definition) is 2. The van der Waals surface area contributed by atoms with Crippen LogP contribution in [-0.4, -0.2) is 47.4 Å². The van der Waals surface area contributed by atoms with E-state index in [9.17, 15) is 17.8 Å². The quantitative estimate of drug-likeness (QED) is 0.207. The number of carbonyl (C=O) groups is 1. The Morgan fingerprint density at radius 2 is 1.72 bits per heavy atom. The number of unbranched alkanes of at least 4 members (excludes halogenated alkanes) is 2. The van der Waals surface area contributed by atoms with Gasteiger partial charge in [0, 0.05) is 47.5 Å². The summed E-state index contributed by atoms with van der Waals surface area (Å²) in [4.78, 5) is 13.0. The Bertz CT molecular complexity index is 1480. The van der Waals surface area contributed by atoms with Gasteiger partial charge in [0.1, 0.15) is 6.54 Å². The Morgan fingerprint density at radius 1 is 1.00 bits per heavy atom. The van der Waals surface area contributed by atoms with Crippen LogP contribution in [0.4, 0.5) is 11.4 Å². The minimum Gasteiger partial charge on any atom is -0.481 e. The first-order valence-corrected chi connectivity index (χ1v) is 15.0. The second-order valence-electron chi connectivity index (χ2n) is 11.3. The van der Waals surface area contributed by atoms with Crippen LogP contribution in [0.25, 0.3) is 0 Å². The number of carboxylic acid groups (broad SMARTS) is 1. The standard InChI is InChI=1S/C31H38N2O5S/c1-6-32-25-14-10-9-13-23(25)30(2,3)27(32)15-12-16-28-31(4,5)24-21-22(39(36,37)38)18-19-26(24)33(28)20-11-7-8-17-29(34)35/h9-10,12-16,18-19,21H,6-8,11,17,20H2,1-5H3,(H-,34,35,36,37,38)/p+1. The Labute approximate surface area is 231 Å². The van der Waals surface area contributed by atoms with Crippen LogP contribution in [0.15, 0.2) is 71.3 Å². The van der Waals surface area contributed by atoms with Crippen LogP contribution in [-0.2, 0) is 25.7 Å². The van der Waals surface area contributed by atoms with E-state index < -0.39 is 21.5 Å². The van der Waals surface area contributed by atoms with Gasteiger partial charge in [-0.25, -0.2) is 0 Å². The highest BCUT2D eigenvalue weighted by Gasteiger charge is 2.44. The lowest BCUT2D eigenvalue weighted by atomic mass is 9.81. The lowest BCUT2D eigenvalue weighted by Crippen LogP contribution is -2.28. The molecule has 208 valence electrons. The van der Waals surface area contributed by atoms with Crippen LogP contribution in [0.2, 0.25) is 0 Å². The van der Waals surface area contributed by atoms with E-state index in [-0.39, 0.29) is 16.7 Å². The van der Waals surface area contributed by atoms with Crippen LogP contribution in [0.1, 0.15) is 71.4 Å². The van der Waals surface area contributed by atoms with E-state index >= 15 is 0 Å². The molecule has 2 aromatic rings. The SMILES string of the molecule is CC[N+]1=C(/C=C/C=C2\N(CCCCCC(=O)O)c3ccc(S(=O)(=O)O)cc3C2(C)C)C(C)(C)c2ccccc21. The summed E-state index contributed by atoms with van der Waals surface area (Å²) in [6.45, 7) is 12.3. The third-order valence-corrected chi connectivity index (χ3v) is 8.91. The lowest BCUT2D eigenvalue weighted by Gasteiger charge is -2.27. The molecule has 0 unspecified atom stereocenters. The summed E-state index contributed by atoms with van der Waals surface area (Å²) < 4.78 is 35.8. The molecule has 0 saturated heterocycles. The van der Waals surface area contributed by atoms with Gasteiger partial charge in [-0.15, -0.1) is 0 Å². The second-order valence-corrected chi connectivity index (χ2v) is 12.7. The highest BCUT2D eigenvalue weighted by atomic mass is 32.2. The van der Waals surface area contributed by atoms with Crippen molar-refractivity contribution in [3.63, 3.8) is 0 Å². The van der Waals surface area contributed by atoms with E-state index in [1.54, 1.807) is 12.1 Å². The van der Waals surface area contributed by atoms with Crippen molar-refractivity contribution in [2.24, 2.45) is 0 Å². The highest BCUT2D eigenvalue weighted by molar-refractivity contribution is 7.85. The van der Waals surface area contributed by atoms with Crippen LogP contribution < -0.4 is 4.90 Å². The topological polar surface area (TPSA) is 97.9 Å². The molecule has 2 aliphatic heterocycles. The normalized spacial score (nSPS) is 18.7. The molecule has 2 aliphatic rings. The van der Waals surface area contributed by atoms with E-state index in [0.29, 0.717) is 13.0 Å². The largest absolute Gasteiger partial charge is 0.481 e. The van der Waals surface area contributed by atoms with Crippen molar-refractivity contribution in [3.8, 4) is 0 Å². The van der Waals surface area contributed by atoms with Gasteiger partial charge in [0.15, 0.2) is 5.71 Å². The van der Waals surface area contributed by atoms with Gasteiger partial charge in [-0.2, -0.15) is 13.0 Å². The maximum atomic E-state index is 11.9. The number of anilines is 1. The number of benzene rings is 2. The number of fused-ring (bicyclic) bond motifs is 2. The first-order chi connectivity index (χ1) is 18.3. The minimum absolute atomic E-state index is 0.118. The van der Waals surface area contributed by atoms with Crippen molar-refractivity contribution in [1.82, 2.24) is 0 Å². The summed E-state index contributed by atoms with van der Waals surface area (Å²) in [6.07, 6.45) is 8.69. The summed E-state index contributed by atoms with van der Waals surface area (Å²) in [5.74, 6) is -0.790. The molecule has 0 aliphatic carbocycles. The molecule has 0 atom stereocenters. The number of rotatable bonds is 10. The van der Waals surface area contributed by atoms with Gasteiger partial charge >= 0.3 is 5.97 Å². The number of para-hydroxylation sites is 1. The van der Waals surface area contributed by atoms with Gasteiger partial charge in [-0.3, -0.25) is 9.35 Å². The molecule has 0 spiro atoms. The van der Waals surface area contributed by atoms with Crippen LogP contribution in [0, 0.1) is 0 Å². The zero-order chi connectivity index (χ0) is 28.6. The first kappa shape index (κ1) is 28.8. The van der Waals surface area contributed by atoms with Crippen LogP contribution >= 0.6 is 0 Å². The lowest BCUT2D eigenvalue weighted by molar-refractivity contribution is -0.433.